The van der Waals surface area contributed by atoms with Crippen LogP contribution in [-0.2, 0) is 4.74 Å². The molecule has 2 atom stereocenters. The lowest BCUT2D eigenvalue weighted by atomic mass is 9.97. The van der Waals surface area contributed by atoms with Crippen molar-refractivity contribution in [3.63, 3.8) is 0 Å². The third-order valence-corrected chi connectivity index (χ3v) is 5.17. The lowest BCUT2D eigenvalue weighted by Gasteiger charge is -2.24. The molecule has 2 heterocycles. The number of aromatic nitrogens is 2. The maximum Gasteiger partial charge on any atom is 0.108 e. The summed E-state index contributed by atoms with van der Waals surface area (Å²) in [5.41, 5.74) is 3.76. The van der Waals surface area contributed by atoms with Crippen molar-refractivity contribution < 1.29 is 14.9 Å². The number of halogens is 1. The fourth-order valence-electron chi connectivity index (χ4n) is 3.36. The number of nitrogens with zero attached hydrogens (tertiary/aromatic N) is 3. The van der Waals surface area contributed by atoms with Crippen LogP contribution in [0.15, 0.2) is 53.3 Å². The van der Waals surface area contributed by atoms with Crippen molar-refractivity contribution in [2.24, 2.45) is 0 Å². The molecule has 1 aromatic carbocycles. The van der Waals surface area contributed by atoms with E-state index in [0.717, 1.165) is 32.2 Å². The van der Waals surface area contributed by atoms with Crippen molar-refractivity contribution in [1.82, 2.24) is 14.9 Å². The topological polar surface area (TPSA) is 78.7 Å². The quantitative estimate of drug-likeness (QED) is 0.511. The number of rotatable bonds is 9. The molecule has 6 nitrogen and oxygen atoms in total. The Hall–Kier alpha value is -1.90. The van der Waals surface area contributed by atoms with Gasteiger partial charge in [0.25, 0.3) is 0 Å². The Morgan fingerprint density at radius 2 is 1.93 bits per heavy atom. The molecule has 3 rings (SSSR count). The SMILES string of the molecule is Cc1cc(C(OCC(O)CN(C)CCO)c2ccncc2)c2cc(Br)ccc2n1. The van der Waals surface area contributed by atoms with Crippen LogP contribution in [0.4, 0.5) is 0 Å². The lowest BCUT2D eigenvalue weighted by Crippen LogP contribution is -2.34. The van der Waals surface area contributed by atoms with Gasteiger partial charge >= 0.3 is 0 Å². The number of aryl methyl sites for hydroxylation is 1. The van der Waals surface area contributed by atoms with Gasteiger partial charge in [0.1, 0.15) is 6.10 Å². The van der Waals surface area contributed by atoms with Crippen LogP contribution in [0.3, 0.4) is 0 Å². The molecule has 3 aromatic rings. The van der Waals surface area contributed by atoms with Crippen LogP contribution in [0.2, 0.25) is 0 Å². The highest BCUT2D eigenvalue weighted by Gasteiger charge is 2.21. The maximum absolute atomic E-state index is 10.4. The summed E-state index contributed by atoms with van der Waals surface area (Å²) in [5, 5.41) is 20.5. The highest BCUT2D eigenvalue weighted by molar-refractivity contribution is 9.10. The van der Waals surface area contributed by atoms with E-state index in [1.165, 1.54) is 0 Å². The molecular formula is C22H26BrN3O3. The van der Waals surface area contributed by atoms with Crippen molar-refractivity contribution in [2.75, 3.05) is 33.4 Å². The molecule has 2 unspecified atom stereocenters. The standard InChI is InChI=1S/C22H26BrN3O3/c1-15-11-20(19-12-17(23)3-4-21(19)25-15)22(16-5-7-24-8-6-16)29-14-18(28)13-26(2)9-10-27/h3-8,11-12,18,22,27-28H,9-10,13-14H2,1-2H3. The molecular weight excluding hydrogens is 434 g/mol. The van der Waals surface area contributed by atoms with E-state index in [4.69, 9.17) is 9.84 Å². The first-order valence-corrected chi connectivity index (χ1v) is 10.3. The molecule has 154 valence electrons. The van der Waals surface area contributed by atoms with Crippen molar-refractivity contribution in [3.05, 3.63) is 70.1 Å². The van der Waals surface area contributed by atoms with Gasteiger partial charge in [-0.2, -0.15) is 0 Å². The van der Waals surface area contributed by atoms with Crippen LogP contribution in [0, 0.1) is 6.92 Å². The van der Waals surface area contributed by atoms with Gasteiger partial charge in [-0.1, -0.05) is 15.9 Å². The Morgan fingerprint density at radius 1 is 1.17 bits per heavy atom. The van der Waals surface area contributed by atoms with Gasteiger partial charge in [-0.25, -0.2) is 0 Å². The third-order valence-electron chi connectivity index (χ3n) is 4.68. The number of pyridine rings is 2. The van der Waals surface area contributed by atoms with Crippen molar-refractivity contribution in [2.45, 2.75) is 19.1 Å². The first-order chi connectivity index (χ1) is 14.0. The third kappa shape index (κ3) is 5.81. The van der Waals surface area contributed by atoms with Crippen LogP contribution >= 0.6 is 15.9 Å². The van der Waals surface area contributed by atoms with Crippen LogP contribution in [0.25, 0.3) is 10.9 Å². The van der Waals surface area contributed by atoms with Gasteiger partial charge in [0.2, 0.25) is 0 Å². The smallest absolute Gasteiger partial charge is 0.108 e. The summed E-state index contributed by atoms with van der Waals surface area (Å²) in [6.07, 6.45) is 2.44. The van der Waals surface area contributed by atoms with Crippen molar-refractivity contribution >= 4 is 26.8 Å². The first kappa shape index (κ1) is 21.8. The summed E-state index contributed by atoms with van der Waals surface area (Å²) >= 11 is 3.55. The zero-order chi connectivity index (χ0) is 20.8. The molecule has 0 aliphatic carbocycles. The van der Waals surface area contributed by atoms with E-state index in [2.05, 4.69) is 25.9 Å². The van der Waals surface area contributed by atoms with Crippen LogP contribution in [-0.4, -0.2) is 64.5 Å². The molecule has 29 heavy (non-hydrogen) atoms. The molecule has 0 saturated heterocycles. The molecule has 0 radical (unpaired) electrons. The minimum atomic E-state index is -0.670. The largest absolute Gasteiger partial charge is 0.395 e. The predicted molar refractivity (Wildman–Crippen MR) is 117 cm³/mol. The highest BCUT2D eigenvalue weighted by atomic mass is 79.9. The average molecular weight is 460 g/mol. The number of hydrogen-bond acceptors (Lipinski definition) is 6. The second-order valence-electron chi connectivity index (χ2n) is 7.15. The Labute approximate surface area is 179 Å². The van der Waals surface area contributed by atoms with Crippen LogP contribution in [0.1, 0.15) is 22.9 Å². The first-order valence-electron chi connectivity index (χ1n) is 9.53. The Kier molecular flexibility index (Phi) is 7.69. The number of aliphatic hydroxyl groups is 2. The normalized spacial score (nSPS) is 13.7. The summed E-state index contributed by atoms with van der Waals surface area (Å²) in [7, 11) is 1.86. The number of hydrogen-bond donors (Lipinski definition) is 2. The minimum Gasteiger partial charge on any atom is -0.395 e. The van der Waals surface area contributed by atoms with Crippen LogP contribution < -0.4 is 0 Å². The van der Waals surface area contributed by atoms with E-state index in [-0.39, 0.29) is 19.3 Å². The second-order valence-corrected chi connectivity index (χ2v) is 8.06. The lowest BCUT2D eigenvalue weighted by molar-refractivity contribution is -0.00631. The Bertz CT molecular complexity index is 939. The van der Waals surface area contributed by atoms with Gasteiger partial charge in [-0.05, 0) is 61.5 Å². The van der Waals surface area contributed by atoms with E-state index >= 15 is 0 Å². The molecule has 0 aliphatic rings. The van der Waals surface area contributed by atoms with Crippen molar-refractivity contribution in [1.29, 1.82) is 0 Å². The zero-order valence-electron chi connectivity index (χ0n) is 16.6. The Balaban J connectivity index is 1.93. The predicted octanol–water partition coefficient (Wildman–Crippen LogP) is 3.09. The summed E-state index contributed by atoms with van der Waals surface area (Å²) in [5.74, 6) is 0. The summed E-state index contributed by atoms with van der Waals surface area (Å²) in [4.78, 5) is 10.6. The fourth-order valence-corrected chi connectivity index (χ4v) is 3.73. The number of ether oxygens (including phenoxy) is 1. The second kappa shape index (κ2) is 10.2. The summed E-state index contributed by atoms with van der Waals surface area (Å²) in [6.45, 7) is 3.12. The van der Waals surface area contributed by atoms with Gasteiger partial charge in [-0.15, -0.1) is 0 Å². The van der Waals surface area contributed by atoms with Crippen molar-refractivity contribution in [3.8, 4) is 0 Å². The van der Waals surface area contributed by atoms with Crippen LogP contribution in [0.5, 0.6) is 0 Å². The van der Waals surface area contributed by atoms with Gasteiger partial charge in [0, 0.05) is 41.0 Å². The van der Waals surface area contributed by atoms with Gasteiger partial charge in [0.15, 0.2) is 0 Å². The van der Waals surface area contributed by atoms with Gasteiger partial charge in [0.05, 0.1) is 24.8 Å². The number of likely N-dealkylation sites (N-methyl/N-ethyl adjacent to an activating group) is 1. The van der Waals surface area contributed by atoms with E-state index in [1.807, 2.05) is 55.3 Å². The molecule has 7 heteroatoms. The molecule has 0 spiro atoms. The number of benzene rings is 1. The monoisotopic (exact) mass is 459 g/mol. The molecule has 0 fully saturated rings. The number of fused-ring (bicyclic) bond motifs is 1. The zero-order valence-corrected chi connectivity index (χ0v) is 18.2. The maximum atomic E-state index is 10.4. The fraction of sp³-hybridized carbons (Fsp3) is 0.364. The highest BCUT2D eigenvalue weighted by Crippen LogP contribution is 2.33. The van der Waals surface area contributed by atoms with E-state index in [1.54, 1.807) is 12.4 Å². The number of aliphatic hydroxyl groups excluding tert-OH is 2. The molecule has 0 aliphatic heterocycles. The molecule has 0 bridgehead atoms. The van der Waals surface area contributed by atoms with E-state index in [0.29, 0.717) is 13.1 Å². The molecule has 0 amide bonds. The van der Waals surface area contributed by atoms with Gasteiger partial charge < -0.3 is 19.8 Å². The van der Waals surface area contributed by atoms with E-state index in [9.17, 15) is 5.11 Å². The summed E-state index contributed by atoms with van der Waals surface area (Å²) < 4.78 is 7.22. The Morgan fingerprint density at radius 3 is 2.66 bits per heavy atom. The van der Waals surface area contributed by atoms with Gasteiger partial charge in [-0.3, -0.25) is 9.97 Å². The van der Waals surface area contributed by atoms with E-state index < -0.39 is 6.10 Å². The summed E-state index contributed by atoms with van der Waals surface area (Å²) in [6, 6.07) is 11.9. The molecule has 2 N–H and O–H groups in total. The average Bonchev–Trinajstić information content (AvgIpc) is 2.69. The molecule has 0 saturated carbocycles. The molecule has 2 aromatic heterocycles. The minimum absolute atomic E-state index is 0.0564.